The van der Waals surface area contributed by atoms with Crippen molar-refractivity contribution in [1.82, 2.24) is 15.0 Å². The van der Waals surface area contributed by atoms with Gasteiger partial charge in [-0.2, -0.15) is 0 Å². The first kappa shape index (κ1) is 34.8. The highest BCUT2D eigenvalue weighted by atomic mass is 32.1. The van der Waals surface area contributed by atoms with Crippen LogP contribution in [0.2, 0.25) is 0 Å². The van der Waals surface area contributed by atoms with Crippen LogP contribution in [0.3, 0.4) is 0 Å². The molecular formula is C57H33N3OS. The largest absolute Gasteiger partial charge is 0.455 e. The predicted octanol–water partition coefficient (Wildman–Crippen LogP) is 15.9. The van der Waals surface area contributed by atoms with Gasteiger partial charge in [0.25, 0.3) is 0 Å². The van der Waals surface area contributed by atoms with Gasteiger partial charge in [-0.05, 0) is 85.4 Å². The van der Waals surface area contributed by atoms with E-state index < -0.39 is 0 Å². The van der Waals surface area contributed by atoms with Crippen molar-refractivity contribution >= 4 is 85.8 Å². The number of hydrogen-bond donors (Lipinski definition) is 0. The number of hydrogen-bond acceptors (Lipinski definition) is 5. The molecule has 0 radical (unpaired) electrons. The summed E-state index contributed by atoms with van der Waals surface area (Å²) in [4.78, 5) is 15.6. The Bertz CT molecular complexity index is 3920. The van der Waals surface area contributed by atoms with Crippen LogP contribution in [0.15, 0.2) is 205 Å². The van der Waals surface area contributed by atoms with Crippen molar-refractivity contribution in [3.63, 3.8) is 0 Å². The van der Waals surface area contributed by atoms with Crippen molar-refractivity contribution < 1.29 is 4.42 Å². The van der Waals surface area contributed by atoms with E-state index in [9.17, 15) is 0 Å². The molecule has 0 aliphatic carbocycles. The van der Waals surface area contributed by atoms with Crippen LogP contribution in [0.25, 0.3) is 131 Å². The molecule has 0 unspecified atom stereocenters. The van der Waals surface area contributed by atoms with Crippen molar-refractivity contribution in [2.24, 2.45) is 0 Å². The van der Waals surface area contributed by atoms with Crippen molar-refractivity contribution in [3.05, 3.63) is 200 Å². The van der Waals surface area contributed by atoms with Crippen LogP contribution in [-0.4, -0.2) is 15.0 Å². The summed E-state index contributed by atoms with van der Waals surface area (Å²) < 4.78 is 9.00. The molecule has 10 aromatic carbocycles. The normalized spacial score (nSPS) is 11.9. The monoisotopic (exact) mass is 807 g/mol. The van der Waals surface area contributed by atoms with Gasteiger partial charge in [-0.15, -0.1) is 11.3 Å². The van der Waals surface area contributed by atoms with Gasteiger partial charge >= 0.3 is 0 Å². The zero-order valence-corrected chi connectivity index (χ0v) is 34.0. The quantitative estimate of drug-likeness (QED) is 0.163. The molecule has 3 aromatic heterocycles. The number of rotatable bonds is 5. The van der Waals surface area contributed by atoms with Crippen LogP contribution in [0, 0.1) is 0 Å². The fourth-order valence-electron chi connectivity index (χ4n) is 9.30. The number of aromatic nitrogens is 3. The Labute approximate surface area is 360 Å². The van der Waals surface area contributed by atoms with Gasteiger partial charge in [0.15, 0.2) is 17.5 Å². The Morgan fingerprint density at radius 3 is 1.74 bits per heavy atom. The fourth-order valence-corrected chi connectivity index (χ4v) is 10.4. The number of thiophene rings is 1. The summed E-state index contributed by atoms with van der Waals surface area (Å²) in [7, 11) is 0. The van der Waals surface area contributed by atoms with E-state index in [1.165, 1.54) is 58.2 Å². The molecule has 62 heavy (non-hydrogen) atoms. The highest BCUT2D eigenvalue weighted by Gasteiger charge is 2.20. The van der Waals surface area contributed by atoms with Gasteiger partial charge in [0, 0.05) is 53.2 Å². The third-order valence-electron chi connectivity index (χ3n) is 12.3. The highest BCUT2D eigenvalue weighted by molar-refractivity contribution is 7.26. The average molecular weight is 808 g/mol. The molecule has 0 saturated heterocycles. The lowest BCUT2D eigenvalue weighted by Crippen LogP contribution is -2.00. The maximum absolute atomic E-state index is 6.58. The number of nitrogens with zero attached hydrogens (tertiary/aromatic N) is 3. The maximum atomic E-state index is 6.58. The smallest absolute Gasteiger partial charge is 0.164 e. The van der Waals surface area contributed by atoms with E-state index in [1.54, 1.807) is 11.3 Å². The van der Waals surface area contributed by atoms with Crippen molar-refractivity contribution in [1.29, 1.82) is 0 Å². The van der Waals surface area contributed by atoms with E-state index in [2.05, 4.69) is 170 Å². The molecule has 13 aromatic rings. The minimum absolute atomic E-state index is 0.619. The standard InChI is InChI=1S/C57H33N3OS/c1-2-12-37(13-3-1)55-58-56(38-26-23-36(24-27-38)47-33-41-14-5-7-16-43(41)53-44-17-8-9-19-49(44)61-54(47)53)60-57(59-55)45-18-10-20-51-52(45)48-32-40(29-30-50(48)62-51)39-28-25-35-22-21-34-11-4-6-15-42(34)46(35)31-39/h1-33H. The van der Waals surface area contributed by atoms with Crippen LogP contribution < -0.4 is 0 Å². The molecule has 0 spiro atoms. The Kier molecular flexibility index (Phi) is 7.74. The fraction of sp³-hybridized carbons (Fsp3) is 0. The van der Waals surface area contributed by atoms with Gasteiger partial charge in [0.2, 0.25) is 0 Å². The minimum atomic E-state index is 0.619. The lowest BCUT2D eigenvalue weighted by molar-refractivity contribution is 0.670. The maximum Gasteiger partial charge on any atom is 0.164 e. The molecule has 4 nitrogen and oxygen atoms in total. The molecule has 0 fully saturated rings. The molecule has 13 rings (SSSR count). The molecule has 5 heteroatoms. The molecule has 0 bridgehead atoms. The lowest BCUT2D eigenvalue weighted by Gasteiger charge is -2.11. The third kappa shape index (κ3) is 5.56. The topological polar surface area (TPSA) is 51.8 Å². The SMILES string of the molecule is c1ccc(-c2nc(-c3ccc(-c4cc5ccccc5c5c4oc4ccccc45)cc3)nc(-c3cccc4sc5ccc(-c6ccc7ccc8ccccc8c7c6)cc5c34)n2)cc1. The van der Waals surface area contributed by atoms with Crippen molar-refractivity contribution in [2.75, 3.05) is 0 Å². The zero-order chi connectivity index (χ0) is 40.7. The summed E-state index contributed by atoms with van der Waals surface area (Å²) >= 11 is 1.80. The summed E-state index contributed by atoms with van der Waals surface area (Å²) in [6.45, 7) is 0. The van der Waals surface area contributed by atoms with E-state index in [0.29, 0.717) is 17.5 Å². The summed E-state index contributed by atoms with van der Waals surface area (Å²) in [6, 6.07) is 71.0. The van der Waals surface area contributed by atoms with Crippen LogP contribution in [-0.2, 0) is 0 Å². The Morgan fingerprint density at radius 1 is 0.323 bits per heavy atom. The van der Waals surface area contributed by atoms with Gasteiger partial charge in [0.1, 0.15) is 11.2 Å². The molecule has 0 amide bonds. The second-order valence-corrected chi connectivity index (χ2v) is 17.0. The lowest BCUT2D eigenvalue weighted by atomic mass is 9.96. The molecule has 3 heterocycles. The minimum Gasteiger partial charge on any atom is -0.455 e. The van der Waals surface area contributed by atoms with E-state index in [-0.39, 0.29) is 0 Å². The summed E-state index contributed by atoms with van der Waals surface area (Å²) in [6.07, 6.45) is 0. The zero-order valence-electron chi connectivity index (χ0n) is 33.2. The van der Waals surface area contributed by atoms with Crippen LogP contribution >= 0.6 is 11.3 Å². The van der Waals surface area contributed by atoms with Crippen LogP contribution in [0.5, 0.6) is 0 Å². The Balaban J connectivity index is 0.957. The van der Waals surface area contributed by atoms with E-state index >= 15 is 0 Å². The Morgan fingerprint density at radius 2 is 0.919 bits per heavy atom. The number of fused-ring (bicyclic) bond motifs is 11. The number of para-hydroxylation sites is 1. The van der Waals surface area contributed by atoms with E-state index in [1.807, 2.05) is 30.3 Å². The van der Waals surface area contributed by atoms with Crippen LogP contribution in [0.1, 0.15) is 0 Å². The first-order valence-electron chi connectivity index (χ1n) is 20.8. The molecule has 288 valence electrons. The van der Waals surface area contributed by atoms with Gasteiger partial charge in [-0.25, -0.2) is 15.0 Å². The molecule has 0 aliphatic heterocycles. The Hall–Kier alpha value is -7.99. The summed E-state index contributed by atoms with van der Waals surface area (Å²) in [5.41, 5.74) is 9.08. The van der Waals surface area contributed by atoms with Gasteiger partial charge in [-0.1, -0.05) is 164 Å². The second-order valence-electron chi connectivity index (χ2n) is 15.9. The van der Waals surface area contributed by atoms with Crippen molar-refractivity contribution in [2.45, 2.75) is 0 Å². The molecule has 0 saturated carbocycles. The number of benzene rings is 10. The third-order valence-corrected chi connectivity index (χ3v) is 13.4. The summed E-state index contributed by atoms with van der Waals surface area (Å²) in [5.74, 6) is 1.89. The van der Waals surface area contributed by atoms with Gasteiger partial charge < -0.3 is 4.42 Å². The highest BCUT2D eigenvalue weighted by Crippen LogP contribution is 2.44. The van der Waals surface area contributed by atoms with E-state index in [0.717, 1.165) is 55.1 Å². The second kappa shape index (κ2) is 13.8. The number of furan rings is 1. The van der Waals surface area contributed by atoms with E-state index in [4.69, 9.17) is 19.4 Å². The average Bonchev–Trinajstić information content (AvgIpc) is 3.93. The van der Waals surface area contributed by atoms with Gasteiger partial charge in [0.05, 0.1) is 0 Å². The molecular weight excluding hydrogens is 775 g/mol. The van der Waals surface area contributed by atoms with Gasteiger partial charge in [-0.3, -0.25) is 0 Å². The molecule has 0 aliphatic rings. The first-order valence-corrected chi connectivity index (χ1v) is 21.6. The van der Waals surface area contributed by atoms with Crippen LogP contribution in [0.4, 0.5) is 0 Å². The molecule has 0 atom stereocenters. The summed E-state index contributed by atoms with van der Waals surface area (Å²) in [5, 5.41) is 12.0. The van der Waals surface area contributed by atoms with Crippen molar-refractivity contribution in [3.8, 4) is 56.4 Å². The predicted molar refractivity (Wildman–Crippen MR) is 260 cm³/mol. The first-order chi connectivity index (χ1) is 30.7. The molecule has 0 N–H and O–H groups in total.